The first-order chi connectivity index (χ1) is 69.8. The van der Waals surface area contributed by atoms with Gasteiger partial charge in [0.25, 0.3) is 0 Å². The first kappa shape index (κ1) is 141. The van der Waals surface area contributed by atoms with Gasteiger partial charge < -0.3 is 131 Å². The number of nitrogens with one attached hydrogen (secondary N) is 2. The highest BCUT2D eigenvalue weighted by Gasteiger charge is 2.32. The molecule has 1 aliphatic carbocycles. The molecule has 10 saturated heterocycles. The van der Waals surface area contributed by atoms with E-state index in [1.165, 1.54) is 159 Å². The number of carbonyl (C=O) groups is 3. The second kappa shape index (κ2) is 88.1. The third-order valence-corrected chi connectivity index (χ3v) is 31.9. The monoisotopic (exact) mass is 2130 g/mol. The van der Waals surface area contributed by atoms with Crippen molar-refractivity contribution >= 4 is 38.0 Å². The van der Waals surface area contributed by atoms with E-state index in [2.05, 4.69) is 126 Å². The van der Waals surface area contributed by atoms with Crippen molar-refractivity contribution in [1.82, 2.24) is 92.7 Å². The number of methoxy groups -OCH3 is 11. The lowest BCUT2D eigenvalue weighted by atomic mass is 9.94. The summed E-state index contributed by atoms with van der Waals surface area (Å²) in [5, 5.41) is 6.68. The minimum Gasteiger partial charge on any atom is -0.444 e. The summed E-state index contributed by atoms with van der Waals surface area (Å²) >= 11 is 0. The van der Waals surface area contributed by atoms with E-state index >= 15 is 0 Å². The van der Waals surface area contributed by atoms with Gasteiger partial charge in [-0.2, -0.15) is 4.31 Å². The fourth-order valence-corrected chi connectivity index (χ4v) is 20.6. The highest BCUT2D eigenvalue weighted by atomic mass is 32.2. The number of carbonyl (C=O) groups excluding carboxylic acids is 3. The Bertz CT molecular complexity index is 3160. The molecule has 10 aliphatic heterocycles. The van der Waals surface area contributed by atoms with Crippen LogP contribution in [0.4, 0.5) is 4.79 Å². The third-order valence-electron chi connectivity index (χ3n) is 29.3. The Hall–Kier alpha value is -3.01. The Kier molecular flexibility index (Phi) is 85.1. The molecule has 146 heavy (non-hydrogen) atoms. The Balaban J connectivity index is 0.000000806. The minimum absolute atomic E-state index is 0.186. The molecule has 2 N–H and O–H groups in total. The molecule has 1 saturated carbocycles. The van der Waals surface area contributed by atoms with Crippen molar-refractivity contribution in [2.75, 3.05) is 462 Å². The standard InChI is InChI=1S/C14H28N2O3.C11H22N2O2.C10H22N2O3S.C10H22N2O.C10H21NO.C9H18N2O2.C9H20N2O.C9H19NO2.C8H18N2O3S.C8H17NO.C7H16N2O/c1-14(2,3)19-13(17)16-8-6-12(7-9-16)15(4)10-11-18-5;1-10(14)13-6-4-11(5-7-13)12(2)8-9-15-3;1-11(8-9-15-2)10-4-6-12(7-5-10)16(3,13)14;1-11-6-4-10(5-7-11)12(2)8-9-13-3;1-11(8-9-12-2)10-6-4-3-5-7-10;1-9(12)11-5-3-10(4-6-11)7-8-13-2;1-11(7-8-12-2)9-3-5-10-6-4-9;1-10(5-8-11-2)9-3-6-12-7-4-9;1-13-8-7-9-3-5-10(6-4-9)14(2,11)12;1-10-8-7-9-5-3-2-4-6-9;1-10-7-6-9-4-2-8-3-5-9/h12H,6-11H2,1-5H3;11H,4-9H2,1-3H3;10H,4-9H2,1-3H3;10H,4-9H2,1-3H3;10H,3-9H2,1-2H3;3-8H2,1-2H3;9-10H,3-8H2,1-2H3;9H,3-8H2,1-2H3;3-8H2,1-2H3;2-8H2,1H3;8H,2-7H2,1H3. The van der Waals surface area contributed by atoms with Crippen molar-refractivity contribution in [3.8, 4) is 0 Å². The highest BCUT2D eigenvalue weighted by molar-refractivity contribution is 7.88. The predicted molar refractivity (Wildman–Crippen MR) is 593 cm³/mol. The zero-order valence-corrected chi connectivity index (χ0v) is 99.3. The Morgan fingerprint density at radius 1 is 0.295 bits per heavy atom. The maximum Gasteiger partial charge on any atom is 0.410 e. The van der Waals surface area contributed by atoms with Crippen LogP contribution >= 0.6 is 0 Å². The summed E-state index contributed by atoms with van der Waals surface area (Å²) in [6, 6.07) is 4.69. The molecule has 870 valence electrons. The molecule has 3 amide bonds. The normalized spacial score (nSPS) is 20.0. The second-order valence-corrected chi connectivity index (χ2v) is 45.6. The number of amides is 3. The molecule has 41 heteroatoms. The summed E-state index contributed by atoms with van der Waals surface area (Å²) in [5.41, 5.74) is -0.414. The van der Waals surface area contributed by atoms with Crippen molar-refractivity contribution in [3.63, 3.8) is 0 Å². The van der Waals surface area contributed by atoms with Crippen LogP contribution in [0, 0.1) is 0 Å². The largest absolute Gasteiger partial charge is 0.444 e. The van der Waals surface area contributed by atoms with Gasteiger partial charge in [0.05, 0.1) is 85.2 Å². The van der Waals surface area contributed by atoms with Crippen LogP contribution < -0.4 is 10.6 Å². The number of nitrogens with zero attached hydrogens (tertiary/aromatic N) is 17. The van der Waals surface area contributed by atoms with Crippen LogP contribution in [0.3, 0.4) is 0 Å². The maximum atomic E-state index is 11.9. The molecule has 0 aromatic carbocycles. The average molecular weight is 2140 g/mol. The molecule has 0 aromatic rings. The van der Waals surface area contributed by atoms with Gasteiger partial charge >= 0.3 is 6.09 Å². The smallest absolute Gasteiger partial charge is 0.410 e. The lowest BCUT2D eigenvalue weighted by Crippen LogP contribution is -2.48. The van der Waals surface area contributed by atoms with Gasteiger partial charge in [-0.05, 0) is 219 Å². The van der Waals surface area contributed by atoms with E-state index in [-0.39, 0.29) is 17.9 Å². The van der Waals surface area contributed by atoms with Gasteiger partial charge in [-0.3, -0.25) is 24.3 Å². The number of hydrogen-bond donors (Lipinski definition) is 2. The van der Waals surface area contributed by atoms with E-state index in [0.29, 0.717) is 57.0 Å². The van der Waals surface area contributed by atoms with E-state index in [9.17, 15) is 31.2 Å². The van der Waals surface area contributed by atoms with Gasteiger partial charge in [0, 0.05) is 337 Å². The topological polar surface area (TPSA) is 319 Å². The van der Waals surface area contributed by atoms with Gasteiger partial charge in [0.2, 0.25) is 31.9 Å². The number of piperidine rings is 6. The zero-order valence-electron chi connectivity index (χ0n) is 97.7. The van der Waals surface area contributed by atoms with Crippen LogP contribution in [0.2, 0.25) is 0 Å². The molecule has 0 unspecified atom stereocenters. The number of likely N-dealkylation sites (N-methyl/N-ethyl adjacent to an activating group) is 7. The molecule has 39 nitrogen and oxygen atoms in total. The van der Waals surface area contributed by atoms with Gasteiger partial charge in [-0.1, -0.05) is 25.7 Å². The first-order valence-corrected chi connectivity index (χ1v) is 58.8. The molecule has 11 aliphatic rings. The number of likely N-dealkylation sites (tertiary alicyclic amines) is 4. The molecule has 0 spiro atoms. The van der Waals surface area contributed by atoms with Crippen molar-refractivity contribution in [2.45, 2.75) is 211 Å². The van der Waals surface area contributed by atoms with Crippen molar-refractivity contribution in [2.24, 2.45) is 0 Å². The Labute approximate surface area is 891 Å². The Morgan fingerprint density at radius 3 is 0.863 bits per heavy atom. The number of piperazine rings is 3. The van der Waals surface area contributed by atoms with E-state index in [1.54, 1.807) is 96.4 Å². The van der Waals surface area contributed by atoms with E-state index in [1.807, 2.05) is 35.5 Å². The summed E-state index contributed by atoms with van der Waals surface area (Å²) in [6.07, 6.45) is 27.1. The molecule has 11 rings (SSSR count). The lowest BCUT2D eigenvalue weighted by Gasteiger charge is -2.37. The fraction of sp³-hybridized carbons (Fsp3) is 0.971. The SMILES string of the molecule is COCCN(C)C1CCCCC1.COCCN(C)C1CCN(C(=O)OC(C)(C)C)CC1.COCCN(C)C1CCN(C(C)=O)CC1.COCCN(C)C1CCN(C)CC1.COCCN(C)C1CCN(S(C)(=O)=O)CC1.COCCN(C)C1CCNCC1.COCCN(C)C1CCOCC1.COCCN1CCCCC1.COCCN1CCN(C(C)=O)CC1.COCCN1CCN(S(C)(=O)=O)CC1.COCCN1CCNCC1. The van der Waals surface area contributed by atoms with Crippen LogP contribution in [0.5, 0.6) is 0 Å². The summed E-state index contributed by atoms with van der Waals surface area (Å²) < 4.78 is 114. The van der Waals surface area contributed by atoms with Gasteiger partial charge in [-0.15, -0.1) is 0 Å². The molecule has 0 aromatic heterocycles. The van der Waals surface area contributed by atoms with E-state index < -0.39 is 25.6 Å². The quantitative estimate of drug-likeness (QED) is 0.0728. The molecule has 10 heterocycles. The highest BCUT2D eigenvalue weighted by Crippen LogP contribution is 2.24. The minimum atomic E-state index is -3.00. The van der Waals surface area contributed by atoms with Crippen LogP contribution in [0.15, 0.2) is 0 Å². The zero-order chi connectivity index (χ0) is 109. The maximum absolute atomic E-state index is 11.9. The van der Waals surface area contributed by atoms with Gasteiger partial charge in [0.1, 0.15) is 5.60 Å². The summed E-state index contributed by atoms with van der Waals surface area (Å²) in [4.78, 5) is 68.1. The summed E-state index contributed by atoms with van der Waals surface area (Å²) in [6.45, 7) is 53.9. The lowest BCUT2D eigenvalue weighted by molar-refractivity contribution is -0.131. The second-order valence-electron chi connectivity index (χ2n) is 41.6. The van der Waals surface area contributed by atoms with Crippen molar-refractivity contribution in [3.05, 3.63) is 0 Å². The number of ether oxygens (including phenoxy) is 13. The number of sulfonamides is 2. The molecule has 11 fully saturated rings. The van der Waals surface area contributed by atoms with E-state index in [4.69, 9.17) is 61.6 Å². The fourth-order valence-electron chi connectivity index (χ4n) is 18.9. The molecule has 0 radical (unpaired) electrons. The average Bonchev–Trinajstić information content (AvgIpc) is 0.840. The molecule has 0 atom stereocenters. The number of hydrogen-bond acceptors (Lipinski definition) is 34. The summed E-state index contributed by atoms with van der Waals surface area (Å²) in [7, 11) is 30.4. The van der Waals surface area contributed by atoms with E-state index in [0.717, 1.165) is 286 Å². The Morgan fingerprint density at radius 2 is 0.548 bits per heavy atom. The van der Waals surface area contributed by atoms with Crippen LogP contribution in [0.25, 0.3) is 0 Å². The number of rotatable bonds is 42. The van der Waals surface area contributed by atoms with Crippen molar-refractivity contribution in [1.29, 1.82) is 0 Å². The third kappa shape index (κ3) is 70.5. The molecular weight excluding hydrogens is 1910 g/mol. The summed E-state index contributed by atoms with van der Waals surface area (Å²) in [5.74, 6) is 0.388. The van der Waals surface area contributed by atoms with Gasteiger partial charge in [-0.25, -0.2) is 25.9 Å². The van der Waals surface area contributed by atoms with Crippen LogP contribution in [-0.2, 0) is 91.2 Å². The van der Waals surface area contributed by atoms with Crippen LogP contribution in [0.1, 0.15) is 163 Å². The first-order valence-electron chi connectivity index (χ1n) is 55.1. The molecule has 0 bridgehead atoms. The van der Waals surface area contributed by atoms with Gasteiger partial charge in [0.15, 0.2) is 0 Å². The predicted octanol–water partition coefficient (Wildman–Crippen LogP) is 5.81. The van der Waals surface area contributed by atoms with Crippen molar-refractivity contribution < 1.29 is 92.8 Å². The molecular formula is C105H223N19O20S2. The van der Waals surface area contributed by atoms with Crippen LogP contribution in [-0.4, -0.2) is 627 Å².